The van der Waals surface area contributed by atoms with Crippen LogP contribution in [0.3, 0.4) is 0 Å². The fourth-order valence-corrected chi connectivity index (χ4v) is 1.16. The van der Waals surface area contributed by atoms with E-state index >= 15 is 0 Å². The molecule has 16 heavy (non-hydrogen) atoms. The van der Waals surface area contributed by atoms with Gasteiger partial charge in [0.15, 0.2) is 6.23 Å². The summed E-state index contributed by atoms with van der Waals surface area (Å²) >= 11 is 0. The quantitative estimate of drug-likeness (QED) is 0.470. The van der Waals surface area contributed by atoms with Crippen molar-refractivity contribution < 1.29 is 9.53 Å². The van der Waals surface area contributed by atoms with E-state index in [2.05, 4.69) is 11.9 Å². The Kier molecular flexibility index (Phi) is 4.58. The lowest BCUT2D eigenvalue weighted by Gasteiger charge is -2.18. The largest absolute Gasteiger partial charge is 0.438 e. The first-order valence-electron chi connectivity index (χ1n) is 5.31. The molecule has 1 N–H and O–H groups in total. The molecule has 0 aliphatic carbocycles. The molecule has 0 radical (unpaired) electrons. The zero-order chi connectivity index (χ0) is 12.0. The Balaban J connectivity index is 2.56. The standard InChI is InChI=1S/C13H17NO2/c1-4-12(16-13(15)10(2)3)14-11-8-6-5-7-9-11/h5-9,12,14H,2,4H2,1,3H3. The van der Waals surface area contributed by atoms with Gasteiger partial charge in [-0.2, -0.15) is 0 Å². The van der Waals surface area contributed by atoms with E-state index in [1.807, 2.05) is 37.3 Å². The Morgan fingerprint density at radius 1 is 1.44 bits per heavy atom. The lowest BCUT2D eigenvalue weighted by molar-refractivity contribution is -0.143. The average Bonchev–Trinajstić information content (AvgIpc) is 2.29. The number of benzene rings is 1. The first kappa shape index (κ1) is 12.3. The van der Waals surface area contributed by atoms with Crippen molar-refractivity contribution in [2.75, 3.05) is 5.32 Å². The van der Waals surface area contributed by atoms with E-state index in [-0.39, 0.29) is 12.2 Å². The second-order valence-electron chi connectivity index (χ2n) is 3.59. The third-order valence-corrected chi connectivity index (χ3v) is 2.07. The molecule has 0 heterocycles. The number of para-hydroxylation sites is 1. The van der Waals surface area contributed by atoms with Crippen molar-refractivity contribution in [1.29, 1.82) is 0 Å². The summed E-state index contributed by atoms with van der Waals surface area (Å²) in [5.41, 5.74) is 1.34. The Bertz CT molecular complexity index is 359. The maximum absolute atomic E-state index is 11.3. The lowest BCUT2D eigenvalue weighted by Crippen LogP contribution is -2.25. The van der Waals surface area contributed by atoms with Gasteiger partial charge >= 0.3 is 5.97 Å². The molecule has 1 unspecified atom stereocenters. The highest BCUT2D eigenvalue weighted by Crippen LogP contribution is 2.10. The van der Waals surface area contributed by atoms with Crippen LogP contribution in [0.4, 0.5) is 5.69 Å². The van der Waals surface area contributed by atoms with Crippen LogP contribution in [0.5, 0.6) is 0 Å². The predicted octanol–water partition coefficient (Wildman–Crippen LogP) is 2.95. The minimum atomic E-state index is -0.365. The van der Waals surface area contributed by atoms with Gasteiger partial charge in [-0.05, 0) is 19.1 Å². The molecule has 1 atom stereocenters. The van der Waals surface area contributed by atoms with Gasteiger partial charge in [-0.25, -0.2) is 4.79 Å². The van der Waals surface area contributed by atoms with Crippen LogP contribution in [-0.4, -0.2) is 12.2 Å². The van der Waals surface area contributed by atoms with Crippen molar-refractivity contribution in [1.82, 2.24) is 0 Å². The number of nitrogens with one attached hydrogen (secondary N) is 1. The van der Waals surface area contributed by atoms with Gasteiger partial charge in [0.05, 0.1) is 0 Å². The first-order valence-corrected chi connectivity index (χ1v) is 5.31. The van der Waals surface area contributed by atoms with Gasteiger partial charge in [0, 0.05) is 17.7 Å². The van der Waals surface area contributed by atoms with Crippen LogP contribution in [0, 0.1) is 0 Å². The Hall–Kier alpha value is -1.77. The molecule has 1 rings (SSSR count). The fourth-order valence-electron chi connectivity index (χ4n) is 1.16. The Morgan fingerprint density at radius 2 is 2.06 bits per heavy atom. The molecule has 0 saturated carbocycles. The highest BCUT2D eigenvalue weighted by Gasteiger charge is 2.12. The fraction of sp³-hybridized carbons (Fsp3) is 0.308. The molecule has 0 amide bonds. The lowest BCUT2D eigenvalue weighted by atomic mass is 10.3. The van der Waals surface area contributed by atoms with E-state index in [0.29, 0.717) is 12.0 Å². The smallest absolute Gasteiger partial charge is 0.335 e. The van der Waals surface area contributed by atoms with Gasteiger partial charge in [0.25, 0.3) is 0 Å². The molecule has 1 aromatic rings. The van der Waals surface area contributed by atoms with E-state index in [1.54, 1.807) is 6.92 Å². The van der Waals surface area contributed by atoms with E-state index in [9.17, 15) is 4.79 Å². The number of hydrogen-bond donors (Lipinski definition) is 1. The summed E-state index contributed by atoms with van der Waals surface area (Å²) in [6, 6.07) is 9.64. The average molecular weight is 219 g/mol. The van der Waals surface area contributed by atoms with Crippen molar-refractivity contribution >= 4 is 11.7 Å². The van der Waals surface area contributed by atoms with Gasteiger partial charge in [-0.3, -0.25) is 0 Å². The van der Waals surface area contributed by atoms with Crippen molar-refractivity contribution in [2.45, 2.75) is 26.5 Å². The Morgan fingerprint density at radius 3 is 2.56 bits per heavy atom. The van der Waals surface area contributed by atoms with Crippen molar-refractivity contribution in [3.8, 4) is 0 Å². The van der Waals surface area contributed by atoms with E-state index < -0.39 is 0 Å². The third-order valence-electron chi connectivity index (χ3n) is 2.07. The van der Waals surface area contributed by atoms with Gasteiger partial charge in [0.1, 0.15) is 0 Å². The topological polar surface area (TPSA) is 38.3 Å². The second kappa shape index (κ2) is 5.95. The van der Waals surface area contributed by atoms with Gasteiger partial charge in [-0.1, -0.05) is 31.7 Å². The summed E-state index contributed by atoms with van der Waals surface area (Å²) in [4.78, 5) is 11.3. The number of esters is 1. The molecule has 0 aromatic heterocycles. The highest BCUT2D eigenvalue weighted by molar-refractivity contribution is 5.87. The summed E-state index contributed by atoms with van der Waals surface area (Å²) in [6.07, 6.45) is 0.389. The SMILES string of the molecule is C=C(C)C(=O)OC(CC)Nc1ccccc1. The van der Waals surface area contributed by atoms with E-state index in [1.165, 1.54) is 0 Å². The number of rotatable bonds is 5. The summed E-state index contributed by atoms with van der Waals surface area (Å²) in [5, 5.41) is 3.13. The normalized spacial score (nSPS) is 11.6. The maximum atomic E-state index is 11.3. The molecular weight excluding hydrogens is 202 g/mol. The van der Waals surface area contributed by atoms with Gasteiger partial charge in [0.2, 0.25) is 0 Å². The summed E-state index contributed by atoms with van der Waals surface area (Å²) in [6.45, 7) is 7.13. The molecule has 0 aliphatic rings. The summed E-state index contributed by atoms with van der Waals surface area (Å²) in [7, 11) is 0. The molecule has 86 valence electrons. The van der Waals surface area contributed by atoms with E-state index in [4.69, 9.17) is 4.74 Å². The van der Waals surface area contributed by atoms with Gasteiger partial charge in [-0.15, -0.1) is 0 Å². The van der Waals surface area contributed by atoms with Crippen LogP contribution >= 0.6 is 0 Å². The number of anilines is 1. The highest BCUT2D eigenvalue weighted by atomic mass is 16.6. The van der Waals surface area contributed by atoms with Crippen molar-refractivity contribution in [3.05, 3.63) is 42.5 Å². The predicted molar refractivity (Wildman–Crippen MR) is 65.0 cm³/mol. The zero-order valence-electron chi connectivity index (χ0n) is 9.69. The minimum absolute atomic E-state index is 0.313. The van der Waals surface area contributed by atoms with Crippen LogP contribution < -0.4 is 5.32 Å². The van der Waals surface area contributed by atoms with Crippen LogP contribution in [-0.2, 0) is 9.53 Å². The number of carbonyl (C=O) groups is 1. The van der Waals surface area contributed by atoms with Crippen molar-refractivity contribution in [3.63, 3.8) is 0 Å². The van der Waals surface area contributed by atoms with Crippen LogP contribution in [0.1, 0.15) is 20.3 Å². The number of hydrogen-bond acceptors (Lipinski definition) is 3. The minimum Gasteiger partial charge on any atom is -0.438 e. The van der Waals surface area contributed by atoms with Crippen LogP contribution in [0.2, 0.25) is 0 Å². The number of ether oxygens (including phenoxy) is 1. The molecule has 0 spiro atoms. The van der Waals surface area contributed by atoms with E-state index in [0.717, 1.165) is 5.69 Å². The second-order valence-corrected chi connectivity index (χ2v) is 3.59. The van der Waals surface area contributed by atoms with Gasteiger partial charge < -0.3 is 10.1 Å². The molecule has 1 aromatic carbocycles. The first-order chi connectivity index (χ1) is 7.63. The van der Waals surface area contributed by atoms with Crippen molar-refractivity contribution in [2.24, 2.45) is 0 Å². The van der Waals surface area contributed by atoms with Crippen LogP contribution in [0.25, 0.3) is 0 Å². The molecule has 0 bridgehead atoms. The third kappa shape index (κ3) is 3.77. The summed E-state index contributed by atoms with van der Waals surface area (Å²) in [5.74, 6) is -0.365. The maximum Gasteiger partial charge on any atom is 0.335 e. The molecule has 0 fully saturated rings. The molecular formula is C13H17NO2. The molecule has 0 saturated heterocycles. The molecule has 3 heteroatoms. The summed E-state index contributed by atoms with van der Waals surface area (Å²) < 4.78 is 5.22. The number of carbonyl (C=O) groups excluding carboxylic acids is 1. The van der Waals surface area contributed by atoms with Crippen LogP contribution in [0.15, 0.2) is 42.5 Å². The monoisotopic (exact) mass is 219 g/mol. The Labute approximate surface area is 96.1 Å². The molecule has 3 nitrogen and oxygen atoms in total. The molecule has 0 aliphatic heterocycles. The zero-order valence-corrected chi connectivity index (χ0v) is 9.69.